The number of benzene rings is 1. The highest BCUT2D eigenvalue weighted by Gasteiger charge is 2.15. The normalized spacial score (nSPS) is 14.2. The Bertz CT molecular complexity index is 935. The molecule has 4 rings (SSSR count). The molecular formula is C19H22FN5O. The fraction of sp³-hybridized carbons (Fsp3) is 0.368. The van der Waals surface area contributed by atoms with Crippen LogP contribution in [0.5, 0.6) is 0 Å². The number of para-hydroxylation sites is 1. The first kappa shape index (κ1) is 16.8. The molecule has 2 aromatic heterocycles. The minimum Gasteiger partial charge on any atom is -0.356 e. The molecule has 0 unspecified atom stereocenters. The third-order valence-electron chi connectivity index (χ3n) is 4.85. The summed E-state index contributed by atoms with van der Waals surface area (Å²) >= 11 is 0. The number of hydrogen-bond acceptors (Lipinski definition) is 3. The Kier molecular flexibility index (Phi) is 4.46. The minimum absolute atomic E-state index is 0.0976. The second-order valence-corrected chi connectivity index (χ2v) is 6.72. The highest BCUT2D eigenvalue weighted by Crippen LogP contribution is 2.24. The second kappa shape index (κ2) is 6.92. The third kappa shape index (κ3) is 3.22. The van der Waals surface area contributed by atoms with Crippen LogP contribution in [0, 0.1) is 12.7 Å². The zero-order valence-corrected chi connectivity index (χ0v) is 14.7. The highest BCUT2D eigenvalue weighted by atomic mass is 19.1. The van der Waals surface area contributed by atoms with Gasteiger partial charge in [0.15, 0.2) is 0 Å². The lowest BCUT2D eigenvalue weighted by Crippen LogP contribution is -2.25. The molecule has 0 saturated carbocycles. The van der Waals surface area contributed by atoms with Crippen LogP contribution in [0.25, 0.3) is 10.9 Å². The average molecular weight is 355 g/mol. The number of nitrogens with one attached hydrogen (secondary N) is 3. The summed E-state index contributed by atoms with van der Waals surface area (Å²) in [6.07, 6.45) is 1.27. The van der Waals surface area contributed by atoms with Gasteiger partial charge in [-0.05, 0) is 37.6 Å². The number of H-pyrrole nitrogens is 1. The van der Waals surface area contributed by atoms with E-state index in [4.69, 9.17) is 0 Å². The van der Waals surface area contributed by atoms with Crippen LogP contribution in [0.15, 0.2) is 24.3 Å². The van der Waals surface area contributed by atoms with Gasteiger partial charge in [-0.3, -0.25) is 9.48 Å². The summed E-state index contributed by atoms with van der Waals surface area (Å²) in [6.45, 7) is 4.97. The number of fused-ring (bicyclic) bond motifs is 2. The molecule has 3 heterocycles. The Morgan fingerprint density at radius 3 is 3.19 bits per heavy atom. The highest BCUT2D eigenvalue weighted by molar-refractivity contribution is 5.90. The van der Waals surface area contributed by atoms with Crippen LogP contribution in [-0.4, -0.2) is 27.2 Å². The molecular weight excluding hydrogens is 333 g/mol. The van der Waals surface area contributed by atoms with Gasteiger partial charge in [-0.25, -0.2) is 4.39 Å². The smallest absolute Gasteiger partial charge is 0.224 e. The molecule has 3 aromatic rings. The minimum atomic E-state index is -0.301. The lowest BCUT2D eigenvalue weighted by molar-refractivity contribution is -0.120. The van der Waals surface area contributed by atoms with E-state index in [-0.39, 0.29) is 18.1 Å². The van der Waals surface area contributed by atoms with E-state index in [0.717, 1.165) is 54.1 Å². The zero-order valence-electron chi connectivity index (χ0n) is 14.7. The Morgan fingerprint density at radius 1 is 1.42 bits per heavy atom. The predicted molar refractivity (Wildman–Crippen MR) is 97.1 cm³/mol. The molecule has 0 radical (unpaired) electrons. The molecule has 0 bridgehead atoms. The first-order valence-electron chi connectivity index (χ1n) is 8.90. The topological polar surface area (TPSA) is 74.7 Å². The number of rotatable bonds is 4. The summed E-state index contributed by atoms with van der Waals surface area (Å²) in [4.78, 5) is 15.4. The molecule has 1 aromatic carbocycles. The maximum Gasteiger partial charge on any atom is 0.224 e. The van der Waals surface area contributed by atoms with Crippen molar-refractivity contribution in [2.45, 2.75) is 39.4 Å². The molecule has 7 heteroatoms. The monoisotopic (exact) mass is 355 g/mol. The van der Waals surface area contributed by atoms with Gasteiger partial charge in [0.2, 0.25) is 5.91 Å². The van der Waals surface area contributed by atoms with E-state index in [1.54, 1.807) is 6.07 Å². The summed E-state index contributed by atoms with van der Waals surface area (Å²) in [5.74, 6) is -0.398. The molecule has 0 atom stereocenters. The molecule has 1 amide bonds. The van der Waals surface area contributed by atoms with Crippen molar-refractivity contribution < 1.29 is 9.18 Å². The van der Waals surface area contributed by atoms with Gasteiger partial charge in [0.25, 0.3) is 0 Å². The van der Waals surface area contributed by atoms with Crippen LogP contribution in [0.4, 0.5) is 4.39 Å². The van der Waals surface area contributed by atoms with E-state index in [0.29, 0.717) is 12.1 Å². The van der Waals surface area contributed by atoms with Gasteiger partial charge in [0.05, 0.1) is 29.9 Å². The Balaban J connectivity index is 1.43. The number of aryl methyl sites for hydroxylation is 2. The maximum atomic E-state index is 13.9. The van der Waals surface area contributed by atoms with E-state index in [1.807, 2.05) is 23.7 Å². The van der Waals surface area contributed by atoms with Crippen molar-refractivity contribution in [1.82, 2.24) is 25.4 Å². The van der Waals surface area contributed by atoms with Crippen molar-refractivity contribution in [2.75, 3.05) is 6.54 Å². The zero-order chi connectivity index (χ0) is 18.1. The number of nitrogens with zero attached hydrogens (tertiary/aromatic N) is 2. The predicted octanol–water partition coefficient (Wildman–Crippen LogP) is 2.16. The van der Waals surface area contributed by atoms with Crippen molar-refractivity contribution in [3.05, 3.63) is 52.7 Å². The van der Waals surface area contributed by atoms with Gasteiger partial charge in [0, 0.05) is 24.2 Å². The summed E-state index contributed by atoms with van der Waals surface area (Å²) in [5, 5.41) is 11.6. The molecule has 0 spiro atoms. The summed E-state index contributed by atoms with van der Waals surface area (Å²) in [6, 6.07) is 6.95. The lowest BCUT2D eigenvalue weighted by atomic mass is 10.1. The van der Waals surface area contributed by atoms with E-state index >= 15 is 0 Å². The average Bonchev–Trinajstić information content (AvgIpc) is 3.07. The van der Waals surface area contributed by atoms with Gasteiger partial charge in [-0.2, -0.15) is 5.10 Å². The molecule has 0 fully saturated rings. The first-order chi connectivity index (χ1) is 12.6. The molecule has 0 aliphatic carbocycles. The van der Waals surface area contributed by atoms with E-state index in [2.05, 4.69) is 20.7 Å². The van der Waals surface area contributed by atoms with Crippen molar-refractivity contribution >= 4 is 16.8 Å². The quantitative estimate of drug-likeness (QED) is 0.671. The lowest BCUT2D eigenvalue weighted by Gasteiger charge is -2.04. The van der Waals surface area contributed by atoms with Crippen molar-refractivity contribution in [3.63, 3.8) is 0 Å². The summed E-state index contributed by atoms with van der Waals surface area (Å²) in [7, 11) is 0. The molecule has 136 valence electrons. The first-order valence-corrected chi connectivity index (χ1v) is 8.90. The SMILES string of the molecule is Cc1[nH]c2c(F)cccc2c1CC(=O)NCc1cc2n(n1)CCCNC2. The molecule has 1 aliphatic rings. The molecule has 1 aliphatic heterocycles. The number of carbonyl (C=O) groups is 1. The van der Waals surface area contributed by atoms with E-state index in [1.165, 1.54) is 6.07 Å². The largest absolute Gasteiger partial charge is 0.356 e. The van der Waals surface area contributed by atoms with Crippen LogP contribution in [0.2, 0.25) is 0 Å². The van der Waals surface area contributed by atoms with Gasteiger partial charge in [0.1, 0.15) is 5.82 Å². The van der Waals surface area contributed by atoms with Gasteiger partial charge in [-0.15, -0.1) is 0 Å². The standard InChI is InChI=1S/C19H22FN5O/c1-12-16(15-4-2-5-17(20)19(15)23-12)9-18(26)22-10-13-8-14-11-21-6-3-7-25(14)24-13/h2,4-5,8,21,23H,3,6-7,9-11H2,1H3,(H,22,26). The fourth-order valence-corrected chi connectivity index (χ4v) is 3.52. The van der Waals surface area contributed by atoms with Crippen LogP contribution >= 0.6 is 0 Å². The van der Waals surface area contributed by atoms with Gasteiger partial charge < -0.3 is 15.6 Å². The fourth-order valence-electron chi connectivity index (χ4n) is 3.52. The number of carbonyl (C=O) groups excluding carboxylic acids is 1. The van der Waals surface area contributed by atoms with Crippen LogP contribution < -0.4 is 10.6 Å². The van der Waals surface area contributed by atoms with E-state index < -0.39 is 0 Å². The summed E-state index contributed by atoms with van der Waals surface area (Å²) in [5.41, 5.74) is 4.12. The van der Waals surface area contributed by atoms with Crippen LogP contribution in [0.3, 0.4) is 0 Å². The van der Waals surface area contributed by atoms with Gasteiger partial charge in [-0.1, -0.05) is 12.1 Å². The number of hydrogen-bond donors (Lipinski definition) is 3. The Labute approximate surface area is 150 Å². The van der Waals surface area contributed by atoms with Crippen LogP contribution in [-0.2, 0) is 30.8 Å². The van der Waals surface area contributed by atoms with Crippen LogP contribution in [0.1, 0.15) is 29.1 Å². The van der Waals surface area contributed by atoms with Crippen molar-refractivity contribution in [1.29, 1.82) is 0 Å². The Morgan fingerprint density at radius 2 is 2.31 bits per heavy atom. The number of halogens is 1. The third-order valence-corrected chi connectivity index (χ3v) is 4.85. The maximum absolute atomic E-state index is 13.9. The molecule has 26 heavy (non-hydrogen) atoms. The molecule has 3 N–H and O–H groups in total. The number of aromatic nitrogens is 3. The van der Waals surface area contributed by atoms with Gasteiger partial charge >= 0.3 is 0 Å². The number of aromatic amines is 1. The summed E-state index contributed by atoms with van der Waals surface area (Å²) < 4.78 is 15.9. The van der Waals surface area contributed by atoms with E-state index in [9.17, 15) is 9.18 Å². The number of amides is 1. The Hall–Kier alpha value is -2.67. The molecule has 0 saturated heterocycles. The van der Waals surface area contributed by atoms with Crippen molar-refractivity contribution in [2.24, 2.45) is 0 Å². The molecule has 6 nitrogen and oxygen atoms in total. The second-order valence-electron chi connectivity index (χ2n) is 6.72. The van der Waals surface area contributed by atoms with Crippen molar-refractivity contribution in [3.8, 4) is 0 Å².